The maximum atomic E-state index is 10.9. The van der Waals surface area contributed by atoms with Gasteiger partial charge in [0.2, 0.25) is 0 Å². The highest BCUT2D eigenvalue weighted by Gasteiger charge is 2.07. The lowest BCUT2D eigenvalue weighted by molar-refractivity contribution is -0.139. The predicted molar refractivity (Wildman–Crippen MR) is 47.9 cm³/mol. The molecule has 82 valence electrons. The van der Waals surface area contributed by atoms with Crippen molar-refractivity contribution in [3.8, 4) is 0 Å². The number of rotatable bonds is 6. The Labute approximate surface area is 82.5 Å². The van der Waals surface area contributed by atoms with Gasteiger partial charge in [-0.1, -0.05) is 13.5 Å². The molecule has 0 heterocycles. The molecule has 0 aromatic heterocycles. The molecule has 0 saturated heterocycles. The van der Waals surface area contributed by atoms with Crippen molar-refractivity contribution in [2.75, 3.05) is 13.2 Å². The highest BCUT2D eigenvalue weighted by atomic mass is 32.3. The minimum atomic E-state index is -4.46. The summed E-state index contributed by atoms with van der Waals surface area (Å²) in [6.07, 6.45) is 0.456. The smallest absolute Gasteiger partial charge is 0.397 e. The Kier molecular flexibility index (Phi) is 5.36. The topological polar surface area (TPSA) is 89.9 Å². The van der Waals surface area contributed by atoms with Crippen LogP contribution in [0.3, 0.4) is 0 Å². The summed E-state index contributed by atoms with van der Waals surface area (Å²) in [5.41, 5.74) is 0.289. The zero-order valence-corrected chi connectivity index (χ0v) is 8.54. The van der Waals surface area contributed by atoms with Gasteiger partial charge in [0.1, 0.15) is 13.2 Å². The maximum absolute atomic E-state index is 10.9. The zero-order chi connectivity index (χ0) is 11.2. The number of esters is 1. The quantitative estimate of drug-likeness (QED) is 0.302. The average Bonchev–Trinajstić information content (AvgIpc) is 2.09. The fraction of sp³-hybridized carbons (Fsp3) is 0.571. The van der Waals surface area contributed by atoms with Crippen LogP contribution in [0.4, 0.5) is 0 Å². The van der Waals surface area contributed by atoms with Crippen molar-refractivity contribution in [3.63, 3.8) is 0 Å². The number of carbonyl (C=O) groups is 1. The molecular formula is C7H12O6S. The summed E-state index contributed by atoms with van der Waals surface area (Å²) in [7, 11) is -4.46. The highest BCUT2D eigenvalue weighted by Crippen LogP contribution is 1.99. The molecule has 0 atom stereocenters. The largest absolute Gasteiger partial charge is 0.460 e. The van der Waals surface area contributed by atoms with Crippen molar-refractivity contribution >= 4 is 16.4 Å². The summed E-state index contributed by atoms with van der Waals surface area (Å²) in [6, 6.07) is 0. The monoisotopic (exact) mass is 224 g/mol. The van der Waals surface area contributed by atoms with Gasteiger partial charge in [-0.05, 0) is 6.42 Å². The Bertz CT molecular complexity index is 304. The molecule has 0 aliphatic rings. The van der Waals surface area contributed by atoms with Gasteiger partial charge >= 0.3 is 16.4 Å². The van der Waals surface area contributed by atoms with Gasteiger partial charge in [-0.15, -0.1) is 0 Å². The van der Waals surface area contributed by atoms with Crippen molar-refractivity contribution in [1.82, 2.24) is 0 Å². The van der Waals surface area contributed by atoms with E-state index in [9.17, 15) is 13.2 Å². The van der Waals surface area contributed by atoms with Gasteiger partial charge in [0.05, 0.1) is 0 Å². The molecule has 0 saturated carbocycles. The fourth-order valence-corrected chi connectivity index (χ4v) is 0.799. The molecule has 0 aliphatic carbocycles. The highest BCUT2D eigenvalue weighted by molar-refractivity contribution is 7.80. The maximum Gasteiger partial charge on any atom is 0.397 e. The molecule has 0 fully saturated rings. The van der Waals surface area contributed by atoms with Crippen LogP contribution in [0.1, 0.15) is 13.3 Å². The van der Waals surface area contributed by atoms with Crippen molar-refractivity contribution in [2.24, 2.45) is 0 Å². The van der Waals surface area contributed by atoms with E-state index < -0.39 is 23.0 Å². The van der Waals surface area contributed by atoms with Gasteiger partial charge in [0, 0.05) is 5.57 Å². The third-order valence-electron chi connectivity index (χ3n) is 1.26. The van der Waals surface area contributed by atoms with E-state index in [0.29, 0.717) is 6.42 Å². The summed E-state index contributed by atoms with van der Waals surface area (Å²) < 4.78 is 36.7. The molecule has 0 amide bonds. The minimum absolute atomic E-state index is 0.252. The lowest BCUT2D eigenvalue weighted by Crippen LogP contribution is -2.14. The third-order valence-corrected chi connectivity index (χ3v) is 1.73. The predicted octanol–water partition coefficient (Wildman–Crippen LogP) is 0.315. The van der Waals surface area contributed by atoms with Crippen LogP contribution in [-0.2, 0) is 24.1 Å². The molecule has 0 unspecified atom stereocenters. The van der Waals surface area contributed by atoms with E-state index in [2.05, 4.69) is 15.5 Å². The number of hydrogen-bond donors (Lipinski definition) is 1. The second-order valence-electron chi connectivity index (χ2n) is 2.34. The Morgan fingerprint density at radius 1 is 1.43 bits per heavy atom. The van der Waals surface area contributed by atoms with E-state index in [1.807, 2.05) is 0 Å². The van der Waals surface area contributed by atoms with E-state index in [-0.39, 0.29) is 12.2 Å². The van der Waals surface area contributed by atoms with Crippen LogP contribution in [0.5, 0.6) is 0 Å². The first kappa shape index (κ1) is 13.1. The molecule has 0 radical (unpaired) electrons. The lowest BCUT2D eigenvalue weighted by Gasteiger charge is -2.04. The molecule has 14 heavy (non-hydrogen) atoms. The molecule has 1 N–H and O–H groups in total. The van der Waals surface area contributed by atoms with Crippen LogP contribution in [0.2, 0.25) is 0 Å². The number of ether oxygens (including phenoxy) is 1. The zero-order valence-electron chi connectivity index (χ0n) is 7.73. The summed E-state index contributed by atoms with van der Waals surface area (Å²) >= 11 is 0. The van der Waals surface area contributed by atoms with Crippen LogP contribution >= 0.6 is 0 Å². The van der Waals surface area contributed by atoms with Gasteiger partial charge in [-0.25, -0.2) is 8.98 Å². The molecule has 0 bridgehead atoms. The van der Waals surface area contributed by atoms with E-state index in [0.717, 1.165) is 0 Å². The van der Waals surface area contributed by atoms with Gasteiger partial charge in [0.15, 0.2) is 0 Å². The van der Waals surface area contributed by atoms with Gasteiger partial charge in [-0.2, -0.15) is 8.42 Å². The van der Waals surface area contributed by atoms with Crippen LogP contribution in [0.25, 0.3) is 0 Å². The van der Waals surface area contributed by atoms with Crippen LogP contribution in [-0.4, -0.2) is 32.2 Å². The van der Waals surface area contributed by atoms with Gasteiger partial charge in [0.25, 0.3) is 0 Å². The van der Waals surface area contributed by atoms with Crippen molar-refractivity contribution < 1.29 is 26.7 Å². The SMILES string of the molecule is C=C(CC)C(=O)OCCOS(=O)(=O)O. The van der Waals surface area contributed by atoms with Gasteiger partial charge < -0.3 is 4.74 Å². The van der Waals surface area contributed by atoms with Crippen LogP contribution in [0.15, 0.2) is 12.2 Å². The molecule has 6 nitrogen and oxygen atoms in total. The van der Waals surface area contributed by atoms with E-state index >= 15 is 0 Å². The standard InChI is InChI=1S/C7H12O6S/c1-3-6(2)7(8)12-4-5-13-14(9,10)11/h2-5H2,1H3,(H,9,10,11). The molecule has 0 rings (SSSR count). The van der Waals surface area contributed by atoms with Gasteiger partial charge in [-0.3, -0.25) is 4.55 Å². The Hall–Kier alpha value is -0.920. The minimum Gasteiger partial charge on any atom is -0.460 e. The average molecular weight is 224 g/mol. The first-order chi connectivity index (χ1) is 6.37. The molecule has 0 spiro atoms. The Morgan fingerprint density at radius 2 is 2.00 bits per heavy atom. The summed E-state index contributed by atoms with van der Waals surface area (Å²) in [5, 5.41) is 0. The second-order valence-corrected chi connectivity index (χ2v) is 3.43. The molecule has 7 heteroatoms. The van der Waals surface area contributed by atoms with Crippen molar-refractivity contribution in [3.05, 3.63) is 12.2 Å². The van der Waals surface area contributed by atoms with E-state index in [1.54, 1.807) is 6.92 Å². The Balaban J connectivity index is 3.66. The number of carbonyl (C=O) groups excluding carboxylic acids is 1. The third kappa shape index (κ3) is 6.58. The normalized spacial score (nSPS) is 11.0. The van der Waals surface area contributed by atoms with Crippen molar-refractivity contribution in [1.29, 1.82) is 0 Å². The summed E-state index contributed by atoms with van der Waals surface area (Å²) in [5.74, 6) is -0.605. The first-order valence-electron chi connectivity index (χ1n) is 3.83. The van der Waals surface area contributed by atoms with Crippen LogP contribution < -0.4 is 0 Å². The molecular weight excluding hydrogens is 212 g/mol. The second kappa shape index (κ2) is 5.74. The summed E-state index contributed by atoms with van der Waals surface area (Å²) in [4.78, 5) is 10.9. The summed E-state index contributed by atoms with van der Waals surface area (Å²) in [6.45, 7) is 4.48. The molecule has 0 aliphatic heterocycles. The van der Waals surface area contributed by atoms with Crippen LogP contribution in [0, 0.1) is 0 Å². The number of hydrogen-bond acceptors (Lipinski definition) is 5. The van der Waals surface area contributed by atoms with E-state index in [1.165, 1.54) is 0 Å². The fourth-order valence-electron chi connectivity index (χ4n) is 0.520. The first-order valence-corrected chi connectivity index (χ1v) is 5.20. The van der Waals surface area contributed by atoms with E-state index in [4.69, 9.17) is 4.55 Å². The lowest BCUT2D eigenvalue weighted by atomic mass is 10.2. The van der Waals surface area contributed by atoms with Crippen molar-refractivity contribution in [2.45, 2.75) is 13.3 Å². The Morgan fingerprint density at radius 3 is 2.43 bits per heavy atom. The molecule has 0 aromatic carbocycles. The molecule has 0 aromatic rings.